The molecule has 2 aliphatic rings. The molecule has 0 saturated heterocycles. The zero-order chi connectivity index (χ0) is 48.0. The molecule has 0 radical (unpaired) electrons. The van der Waals surface area contributed by atoms with Crippen LogP contribution in [0.15, 0.2) is 265 Å². The van der Waals surface area contributed by atoms with Gasteiger partial charge in [0.2, 0.25) is 0 Å². The van der Waals surface area contributed by atoms with Gasteiger partial charge in [0.1, 0.15) is 0 Å². The first-order valence-corrected chi connectivity index (χ1v) is 25.3. The van der Waals surface area contributed by atoms with E-state index in [2.05, 4.69) is 270 Å². The van der Waals surface area contributed by atoms with Gasteiger partial charge < -0.3 is 9.47 Å². The Bertz CT molecular complexity index is 4270. The summed E-state index contributed by atoms with van der Waals surface area (Å²) in [4.78, 5) is 13.2. The average molecular weight is 931 g/mol. The van der Waals surface area contributed by atoms with E-state index in [1.807, 2.05) is 0 Å². The molecule has 0 N–H and O–H groups in total. The van der Waals surface area contributed by atoms with Gasteiger partial charge in [0, 0.05) is 39.0 Å². The minimum absolute atomic E-state index is 0.159. The van der Waals surface area contributed by atoms with Crippen molar-refractivity contribution in [3.8, 4) is 16.8 Å². The minimum Gasteiger partial charge on any atom is -0.330 e. The SMILES string of the molecule is C1=NC(c2ccc3c(c2)c2ccccc2n3-c2ccc3c(c2)C(c2ccccc2)(c2ccccc2)c2ccccc2-3)=NCC1N(c1cc2ccccc2c2ccccc12)c1cc2ccccc2c2ccccc12. The van der Waals surface area contributed by atoms with Crippen LogP contribution in [-0.4, -0.2) is 29.2 Å². The molecule has 4 heteroatoms. The fourth-order valence-corrected chi connectivity index (χ4v) is 12.7. The third-order valence-corrected chi connectivity index (χ3v) is 15.8. The molecule has 342 valence electrons. The highest BCUT2D eigenvalue weighted by atomic mass is 15.2. The van der Waals surface area contributed by atoms with Crippen LogP contribution in [0, 0.1) is 0 Å². The van der Waals surface area contributed by atoms with E-state index >= 15 is 0 Å². The van der Waals surface area contributed by atoms with Gasteiger partial charge in [-0.25, -0.2) is 4.99 Å². The number of anilines is 2. The van der Waals surface area contributed by atoms with Crippen LogP contribution in [0.3, 0.4) is 0 Å². The van der Waals surface area contributed by atoms with Crippen LogP contribution in [0.25, 0.3) is 81.7 Å². The maximum atomic E-state index is 5.39. The van der Waals surface area contributed by atoms with Crippen LogP contribution in [0.1, 0.15) is 27.8 Å². The Morgan fingerprint density at radius 3 is 1.55 bits per heavy atom. The third kappa shape index (κ3) is 6.20. The van der Waals surface area contributed by atoms with Gasteiger partial charge in [-0.05, 0) is 114 Å². The Balaban J connectivity index is 0.862. The zero-order valence-electron chi connectivity index (χ0n) is 39.9. The van der Waals surface area contributed by atoms with Gasteiger partial charge in [-0.3, -0.25) is 4.99 Å². The van der Waals surface area contributed by atoms with Crippen molar-refractivity contribution in [2.75, 3.05) is 11.4 Å². The average Bonchev–Trinajstić information content (AvgIpc) is 3.99. The summed E-state index contributed by atoms with van der Waals surface area (Å²) in [6.45, 7) is 0.531. The van der Waals surface area contributed by atoms with Gasteiger partial charge in [-0.2, -0.15) is 0 Å². The molecule has 1 aliphatic carbocycles. The molecule has 0 spiro atoms. The second kappa shape index (κ2) is 16.3. The van der Waals surface area contributed by atoms with Gasteiger partial charge in [0.15, 0.2) is 5.84 Å². The number of rotatable bonds is 7. The fourth-order valence-electron chi connectivity index (χ4n) is 12.7. The van der Waals surface area contributed by atoms with Crippen molar-refractivity contribution < 1.29 is 0 Å². The van der Waals surface area contributed by atoms with E-state index in [1.165, 1.54) is 87.2 Å². The Morgan fingerprint density at radius 2 is 0.918 bits per heavy atom. The molecule has 13 aromatic rings. The molecular formula is C69H46N4. The number of hydrogen-bond donors (Lipinski definition) is 0. The van der Waals surface area contributed by atoms with Gasteiger partial charge in [0.25, 0.3) is 0 Å². The van der Waals surface area contributed by atoms with Gasteiger partial charge >= 0.3 is 0 Å². The van der Waals surface area contributed by atoms with E-state index in [-0.39, 0.29) is 6.04 Å². The Morgan fingerprint density at radius 1 is 0.397 bits per heavy atom. The van der Waals surface area contributed by atoms with Crippen LogP contribution in [0.2, 0.25) is 0 Å². The van der Waals surface area contributed by atoms with Gasteiger partial charge in [-0.1, -0.05) is 206 Å². The van der Waals surface area contributed by atoms with E-state index in [9.17, 15) is 0 Å². The highest BCUT2D eigenvalue weighted by molar-refractivity contribution is 6.19. The number of aromatic nitrogens is 1. The van der Waals surface area contributed by atoms with Crippen LogP contribution >= 0.6 is 0 Å². The number of fused-ring (bicyclic) bond motifs is 12. The first kappa shape index (κ1) is 41.4. The lowest BCUT2D eigenvalue weighted by Gasteiger charge is -2.34. The highest BCUT2D eigenvalue weighted by Crippen LogP contribution is 2.57. The van der Waals surface area contributed by atoms with Crippen molar-refractivity contribution in [1.29, 1.82) is 0 Å². The second-order valence-electron chi connectivity index (χ2n) is 19.5. The number of amidine groups is 1. The summed E-state index contributed by atoms with van der Waals surface area (Å²) in [5.74, 6) is 0.743. The Hall–Kier alpha value is -9.38. The molecule has 1 atom stereocenters. The number of nitrogens with zero attached hydrogens (tertiary/aromatic N) is 4. The summed E-state index contributed by atoms with van der Waals surface area (Å²) < 4.78 is 2.44. The standard InChI is InChI=1S/C69H46N4/c1-3-21-48(22-4-1)69(49-23-5-2-6-24-49)62-33-17-15-29-56(62)57-37-36-50(42-63(57)69)72-64-34-18-16-32-60(64)61-39-47(35-38-65(61)72)68-70-43-51(44-71-68)73(66-40-45-19-7-9-25-52(45)54-27-11-13-30-58(54)66)67-41-46-20-8-10-26-53(46)55-28-12-14-31-59(55)67/h1-43,51H,44H2. The highest BCUT2D eigenvalue weighted by Gasteiger charge is 2.46. The molecule has 4 nitrogen and oxygen atoms in total. The van der Waals surface area contributed by atoms with Crippen LogP contribution < -0.4 is 4.90 Å². The predicted octanol–water partition coefficient (Wildman–Crippen LogP) is 16.8. The monoisotopic (exact) mass is 930 g/mol. The van der Waals surface area contributed by atoms with E-state index in [4.69, 9.17) is 9.98 Å². The first-order valence-electron chi connectivity index (χ1n) is 25.3. The summed E-state index contributed by atoms with van der Waals surface area (Å²) in [5.41, 5.74) is 13.9. The smallest absolute Gasteiger partial charge is 0.154 e. The molecule has 12 aromatic carbocycles. The lowest BCUT2D eigenvalue weighted by Crippen LogP contribution is -2.37. The van der Waals surface area contributed by atoms with E-state index in [1.54, 1.807) is 0 Å². The first-order chi connectivity index (χ1) is 36.2. The molecule has 15 rings (SSSR count). The van der Waals surface area contributed by atoms with Crippen LogP contribution in [0.4, 0.5) is 11.4 Å². The number of hydrogen-bond acceptors (Lipinski definition) is 3. The predicted molar refractivity (Wildman–Crippen MR) is 307 cm³/mol. The Kier molecular flexibility index (Phi) is 9.27. The molecular weight excluding hydrogens is 885 g/mol. The molecule has 1 unspecified atom stereocenters. The molecule has 1 aromatic heterocycles. The van der Waals surface area contributed by atoms with Crippen LogP contribution in [-0.2, 0) is 5.41 Å². The second-order valence-corrected chi connectivity index (χ2v) is 19.5. The largest absolute Gasteiger partial charge is 0.330 e. The summed E-state index contributed by atoms with van der Waals surface area (Å²) in [6, 6.07) is 93.4. The quantitative estimate of drug-likeness (QED) is 0.147. The lowest BCUT2D eigenvalue weighted by atomic mass is 9.67. The maximum absolute atomic E-state index is 5.39. The zero-order valence-corrected chi connectivity index (χ0v) is 39.9. The van der Waals surface area contributed by atoms with Crippen molar-refractivity contribution in [3.05, 3.63) is 283 Å². The summed E-state index contributed by atoms with van der Waals surface area (Å²) >= 11 is 0. The molecule has 0 fully saturated rings. The molecule has 2 heterocycles. The van der Waals surface area contributed by atoms with Crippen LogP contribution in [0.5, 0.6) is 0 Å². The molecule has 0 saturated carbocycles. The van der Waals surface area contributed by atoms with Crippen molar-refractivity contribution in [2.24, 2.45) is 9.98 Å². The molecule has 73 heavy (non-hydrogen) atoms. The summed E-state index contributed by atoms with van der Waals surface area (Å²) in [6.07, 6.45) is 2.14. The van der Waals surface area contributed by atoms with Crippen molar-refractivity contribution in [3.63, 3.8) is 0 Å². The van der Waals surface area contributed by atoms with Gasteiger partial charge in [0.05, 0.1) is 40.4 Å². The topological polar surface area (TPSA) is 32.9 Å². The molecule has 1 aliphatic heterocycles. The Labute approximate surface area is 423 Å². The number of para-hydroxylation sites is 1. The van der Waals surface area contributed by atoms with E-state index < -0.39 is 5.41 Å². The van der Waals surface area contributed by atoms with E-state index in [0.29, 0.717) is 6.54 Å². The fraction of sp³-hybridized carbons (Fsp3) is 0.0435. The van der Waals surface area contributed by atoms with Crippen molar-refractivity contribution in [1.82, 2.24) is 4.57 Å². The summed E-state index contributed by atoms with van der Waals surface area (Å²) in [7, 11) is 0. The molecule has 0 bridgehead atoms. The normalized spacial score (nSPS) is 14.8. The number of benzene rings is 12. The van der Waals surface area contributed by atoms with E-state index in [0.717, 1.165) is 39.5 Å². The van der Waals surface area contributed by atoms with Gasteiger partial charge in [-0.15, -0.1) is 0 Å². The summed E-state index contributed by atoms with van der Waals surface area (Å²) in [5, 5.41) is 12.1. The number of aliphatic imine (C=N–C) groups is 2. The maximum Gasteiger partial charge on any atom is 0.154 e. The minimum atomic E-state index is -0.496. The molecule has 0 amide bonds. The lowest BCUT2D eigenvalue weighted by molar-refractivity contribution is 0.767. The third-order valence-electron chi connectivity index (χ3n) is 15.8. The van der Waals surface area contributed by atoms with Crippen molar-refractivity contribution in [2.45, 2.75) is 11.5 Å². The van der Waals surface area contributed by atoms with Crippen molar-refractivity contribution >= 4 is 88.3 Å².